The maximum atomic E-state index is 12.4. The van der Waals surface area contributed by atoms with E-state index < -0.39 is 6.10 Å². The fourth-order valence-electron chi connectivity index (χ4n) is 2.63. The number of nitrogens with zero attached hydrogens (tertiary/aromatic N) is 1. The minimum atomic E-state index is -0.617. The van der Waals surface area contributed by atoms with Crippen LogP contribution in [0.5, 0.6) is 5.75 Å². The van der Waals surface area contributed by atoms with Crippen molar-refractivity contribution in [3.63, 3.8) is 0 Å². The van der Waals surface area contributed by atoms with Gasteiger partial charge in [-0.3, -0.25) is 4.79 Å². The summed E-state index contributed by atoms with van der Waals surface area (Å²) < 4.78 is 5.74. The highest BCUT2D eigenvalue weighted by atomic mass is 35.5. The highest BCUT2D eigenvalue weighted by Gasteiger charge is 2.19. The van der Waals surface area contributed by atoms with Crippen LogP contribution in [0.25, 0.3) is 0 Å². The van der Waals surface area contributed by atoms with E-state index in [1.54, 1.807) is 13.0 Å². The van der Waals surface area contributed by atoms with Gasteiger partial charge in [-0.25, -0.2) is 0 Å². The van der Waals surface area contributed by atoms with E-state index in [-0.39, 0.29) is 11.9 Å². The SMILES string of the molecule is Cc1ccc(Cl)c(OC(C)C(=O)NCC(Cc2ccccc2)N(C)C)c1. The lowest BCUT2D eigenvalue weighted by Gasteiger charge is -2.25. The molecule has 0 spiro atoms. The first-order valence-electron chi connectivity index (χ1n) is 8.77. The first-order chi connectivity index (χ1) is 12.4. The maximum Gasteiger partial charge on any atom is 0.260 e. The molecule has 0 aliphatic carbocycles. The van der Waals surface area contributed by atoms with Crippen LogP contribution in [0.1, 0.15) is 18.1 Å². The van der Waals surface area contributed by atoms with E-state index in [4.69, 9.17) is 16.3 Å². The fraction of sp³-hybridized carbons (Fsp3) is 0.381. The highest BCUT2D eigenvalue weighted by molar-refractivity contribution is 6.32. The predicted octanol–water partition coefficient (Wildman–Crippen LogP) is 3.70. The normalized spacial score (nSPS) is 13.3. The Hall–Kier alpha value is -2.04. The summed E-state index contributed by atoms with van der Waals surface area (Å²) in [7, 11) is 4.04. The molecule has 0 aliphatic rings. The molecule has 2 rings (SSSR count). The van der Waals surface area contributed by atoms with Gasteiger partial charge in [-0.05, 0) is 57.6 Å². The van der Waals surface area contributed by atoms with E-state index in [9.17, 15) is 4.79 Å². The molecule has 0 fully saturated rings. The number of rotatable bonds is 8. The molecule has 0 saturated heterocycles. The number of hydrogen-bond donors (Lipinski definition) is 1. The predicted molar refractivity (Wildman–Crippen MR) is 107 cm³/mol. The Morgan fingerprint density at radius 1 is 1.19 bits per heavy atom. The van der Waals surface area contributed by atoms with Crippen LogP contribution in [0, 0.1) is 6.92 Å². The van der Waals surface area contributed by atoms with E-state index in [0.717, 1.165) is 12.0 Å². The second-order valence-electron chi connectivity index (χ2n) is 6.75. The van der Waals surface area contributed by atoms with Gasteiger partial charge in [0, 0.05) is 12.6 Å². The van der Waals surface area contributed by atoms with Gasteiger partial charge in [0.1, 0.15) is 5.75 Å². The van der Waals surface area contributed by atoms with Crippen molar-refractivity contribution in [1.29, 1.82) is 0 Å². The quantitative estimate of drug-likeness (QED) is 0.765. The van der Waals surface area contributed by atoms with Crippen LogP contribution in [0.15, 0.2) is 48.5 Å². The van der Waals surface area contributed by atoms with Crippen molar-refractivity contribution in [2.45, 2.75) is 32.4 Å². The zero-order valence-electron chi connectivity index (χ0n) is 15.8. The molecule has 26 heavy (non-hydrogen) atoms. The standard InChI is InChI=1S/C21H27ClN2O2/c1-15-10-11-19(22)20(12-15)26-16(2)21(25)23-14-18(24(3)4)13-17-8-6-5-7-9-17/h5-12,16,18H,13-14H2,1-4H3,(H,23,25). The summed E-state index contributed by atoms with van der Waals surface area (Å²) in [6, 6.07) is 16.0. The summed E-state index contributed by atoms with van der Waals surface area (Å²) >= 11 is 6.14. The van der Waals surface area contributed by atoms with Gasteiger partial charge < -0.3 is 15.0 Å². The molecule has 0 aromatic heterocycles. The molecule has 2 unspecified atom stereocenters. The zero-order chi connectivity index (χ0) is 19.1. The van der Waals surface area contributed by atoms with Gasteiger partial charge in [0.05, 0.1) is 5.02 Å². The number of likely N-dealkylation sites (N-methyl/N-ethyl adjacent to an activating group) is 1. The number of nitrogens with one attached hydrogen (secondary N) is 1. The Morgan fingerprint density at radius 2 is 1.88 bits per heavy atom. The van der Waals surface area contributed by atoms with Crippen LogP contribution in [-0.4, -0.2) is 43.6 Å². The minimum absolute atomic E-state index is 0.150. The lowest BCUT2D eigenvalue weighted by Crippen LogP contribution is -2.45. The van der Waals surface area contributed by atoms with Gasteiger partial charge in [0.25, 0.3) is 5.91 Å². The lowest BCUT2D eigenvalue weighted by molar-refractivity contribution is -0.127. The summed E-state index contributed by atoms with van der Waals surface area (Å²) in [4.78, 5) is 14.5. The van der Waals surface area contributed by atoms with E-state index >= 15 is 0 Å². The number of amides is 1. The first kappa shape index (κ1) is 20.3. The Morgan fingerprint density at radius 3 is 2.54 bits per heavy atom. The summed E-state index contributed by atoms with van der Waals surface area (Å²) in [5, 5.41) is 3.49. The van der Waals surface area contributed by atoms with Crippen LogP contribution in [-0.2, 0) is 11.2 Å². The summed E-state index contributed by atoms with van der Waals surface area (Å²) in [5.74, 6) is 0.380. The number of hydrogen-bond acceptors (Lipinski definition) is 3. The number of carbonyl (C=O) groups excluding carboxylic acids is 1. The number of benzene rings is 2. The van der Waals surface area contributed by atoms with Crippen molar-refractivity contribution in [2.24, 2.45) is 0 Å². The van der Waals surface area contributed by atoms with E-state index in [0.29, 0.717) is 17.3 Å². The molecule has 1 N–H and O–H groups in total. The molecule has 0 aliphatic heterocycles. The Labute approximate surface area is 161 Å². The molecule has 0 radical (unpaired) electrons. The van der Waals surface area contributed by atoms with Crippen LogP contribution in [0.2, 0.25) is 5.02 Å². The number of ether oxygens (including phenoxy) is 1. The molecule has 140 valence electrons. The average Bonchev–Trinajstić information content (AvgIpc) is 2.62. The highest BCUT2D eigenvalue weighted by Crippen LogP contribution is 2.26. The molecule has 1 amide bonds. The molecule has 2 aromatic carbocycles. The average molecular weight is 375 g/mol. The zero-order valence-corrected chi connectivity index (χ0v) is 16.6. The maximum absolute atomic E-state index is 12.4. The molecule has 2 aromatic rings. The van der Waals surface area contributed by atoms with E-state index in [2.05, 4.69) is 22.3 Å². The van der Waals surface area contributed by atoms with Gasteiger partial charge in [-0.1, -0.05) is 48.0 Å². The van der Waals surface area contributed by atoms with Crippen molar-refractivity contribution in [2.75, 3.05) is 20.6 Å². The second-order valence-corrected chi connectivity index (χ2v) is 7.15. The second kappa shape index (κ2) is 9.60. The van der Waals surface area contributed by atoms with Crippen molar-refractivity contribution in [3.05, 3.63) is 64.7 Å². The Bertz CT molecular complexity index is 719. The molecular weight excluding hydrogens is 348 g/mol. The molecule has 2 atom stereocenters. The van der Waals surface area contributed by atoms with Gasteiger partial charge in [0.15, 0.2) is 6.10 Å². The fourth-order valence-corrected chi connectivity index (χ4v) is 2.79. The van der Waals surface area contributed by atoms with Crippen LogP contribution in [0.3, 0.4) is 0 Å². The largest absolute Gasteiger partial charge is 0.479 e. The topological polar surface area (TPSA) is 41.6 Å². The van der Waals surface area contributed by atoms with E-state index in [1.807, 2.05) is 51.4 Å². The summed E-state index contributed by atoms with van der Waals surface area (Å²) in [6.07, 6.45) is 0.251. The van der Waals surface area contributed by atoms with Gasteiger partial charge >= 0.3 is 0 Å². The van der Waals surface area contributed by atoms with Gasteiger partial charge in [0.2, 0.25) is 0 Å². The summed E-state index contributed by atoms with van der Waals surface area (Å²) in [6.45, 7) is 4.24. The third-order valence-electron chi connectivity index (χ3n) is 4.32. The van der Waals surface area contributed by atoms with Crippen molar-refractivity contribution in [1.82, 2.24) is 10.2 Å². The van der Waals surface area contributed by atoms with Gasteiger partial charge in [-0.2, -0.15) is 0 Å². The molecular formula is C21H27ClN2O2. The number of carbonyl (C=O) groups is 1. The van der Waals surface area contributed by atoms with Crippen molar-refractivity contribution < 1.29 is 9.53 Å². The van der Waals surface area contributed by atoms with Crippen LogP contribution < -0.4 is 10.1 Å². The third kappa shape index (κ3) is 6.04. The molecule has 5 heteroatoms. The molecule has 0 saturated carbocycles. The Kier molecular flexibility index (Phi) is 7.49. The smallest absolute Gasteiger partial charge is 0.260 e. The lowest BCUT2D eigenvalue weighted by atomic mass is 10.1. The number of aryl methyl sites for hydroxylation is 1. The Balaban J connectivity index is 1.91. The van der Waals surface area contributed by atoms with Crippen LogP contribution >= 0.6 is 11.6 Å². The molecule has 4 nitrogen and oxygen atoms in total. The minimum Gasteiger partial charge on any atom is -0.479 e. The van der Waals surface area contributed by atoms with Gasteiger partial charge in [-0.15, -0.1) is 0 Å². The molecule has 0 heterocycles. The van der Waals surface area contributed by atoms with Crippen LogP contribution in [0.4, 0.5) is 0 Å². The monoisotopic (exact) mass is 374 g/mol. The van der Waals surface area contributed by atoms with E-state index in [1.165, 1.54) is 5.56 Å². The third-order valence-corrected chi connectivity index (χ3v) is 4.63. The summed E-state index contributed by atoms with van der Waals surface area (Å²) in [5.41, 5.74) is 2.28. The van der Waals surface area contributed by atoms with Crippen molar-refractivity contribution in [3.8, 4) is 5.75 Å². The number of halogens is 1. The molecule has 0 bridgehead atoms. The first-order valence-corrected chi connectivity index (χ1v) is 9.15. The van der Waals surface area contributed by atoms with Crippen molar-refractivity contribution >= 4 is 17.5 Å².